The Morgan fingerprint density at radius 2 is 1.96 bits per heavy atom. The molecule has 144 valence electrons. The lowest BCUT2D eigenvalue weighted by Gasteiger charge is -2.28. The third-order valence-corrected chi connectivity index (χ3v) is 5.64. The van der Waals surface area contributed by atoms with Crippen LogP contribution in [0.5, 0.6) is 0 Å². The van der Waals surface area contributed by atoms with Crippen molar-refractivity contribution in [1.29, 1.82) is 0 Å². The summed E-state index contributed by atoms with van der Waals surface area (Å²) in [5.41, 5.74) is 3.73. The van der Waals surface area contributed by atoms with Crippen LogP contribution in [0.15, 0.2) is 42.5 Å². The molecule has 0 aliphatic heterocycles. The summed E-state index contributed by atoms with van der Waals surface area (Å²) in [4.78, 5) is 28.0. The van der Waals surface area contributed by atoms with Gasteiger partial charge in [0.1, 0.15) is 5.69 Å². The van der Waals surface area contributed by atoms with E-state index < -0.39 is 0 Å². The maximum atomic E-state index is 13.0. The van der Waals surface area contributed by atoms with Gasteiger partial charge in [-0.15, -0.1) is 0 Å². The predicted molar refractivity (Wildman–Crippen MR) is 109 cm³/mol. The van der Waals surface area contributed by atoms with Gasteiger partial charge in [0.25, 0.3) is 5.91 Å². The summed E-state index contributed by atoms with van der Waals surface area (Å²) in [5, 5.41) is 4.66. The van der Waals surface area contributed by atoms with E-state index in [-0.39, 0.29) is 23.3 Å². The number of carbonyl (C=O) groups is 2. The van der Waals surface area contributed by atoms with Gasteiger partial charge in [0.05, 0.1) is 18.7 Å². The van der Waals surface area contributed by atoms with Crippen LogP contribution in [-0.2, 0) is 11.2 Å². The van der Waals surface area contributed by atoms with E-state index in [1.54, 1.807) is 18.2 Å². The van der Waals surface area contributed by atoms with Gasteiger partial charge in [0.15, 0.2) is 0 Å². The number of hydrogen-bond donors (Lipinski definition) is 2. The highest BCUT2D eigenvalue weighted by molar-refractivity contribution is 6.31. The third kappa shape index (κ3) is 3.16. The van der Waals surface area contributed by atoms with Crippen molar-refractivity contribution in [2.75, 3.05) is 7.11 Å². The van der Waals surface area contributed by atoms with Crippen molar-refractivity contribution in [2.45, 2.75) is 26.3 Å². The van der Waals surface area contributed by atoms with Crippen LogP contribution in [0.3, 0.4) is 0 Å². The van der Waals surface area contributed by atoms with E-state index in [1.807, 2.05) is 24.3 Å². The number of esters is 1. The fraction of sp³-hybridized carbons (Fsp3) is 0.273. The number of carbonyl (C=O) groups excluding carboxylic acids is 2. The molecule has 5 nitrogen and oxygen atoms in total. The highest BCUT2D eigenvalue weighted by Crippen LogP contribution is 2.45. The Morgan fingerprint density at radius 3 is 2.71 bits per heavy atom. The van der Waals surface area contributed by atoms with Crippen LogP contribution in [-0.4, -0.2) is 24.0 Å². The van der Waals surface area contributed by atoms with Crippen LogP contribution >= 0.6 is 11.6 Å². The van der Waals surface area contributed by atoms with Crippen LogP contribution in [0.25, 0.3) is 10.9 Å². The van der Waals surface area contributed by atoms with Crippen molar-refractivity contribution >= 4 is 34.4 Å². The summed E-state index contributed by atoms with van der Waals surface area (Å²) >= 11 is 6.04. The normalized spacial score (nSPS) is 17.4. The number of H-pyrrole nitrogens is 1. The molecule has 1 aliphatic rings. The number of benzene rings is 2. The highest BCUT2D eigenvalue weighted by atomic mass is 35.5. The molecule has 1 atom stereocenters. The van der Waals surface area contributed by atoms with E-state index in [1.165, 1.54) is 7.11 Å². The number of hydrogen-bond acceptors (Lipinski definition) is 3. The topological polar surface area (TPSA) is 71.2 Å². The molecular weight excluding hydrogens is 376 g/mol. The zero-order valence-electron chi connectivity index (χ0n) is 15.9. The average molecular weight is 397 g/mol. The maximum Gasteiger partial charge on any atom is 0.337 e. The van der Waals surface area contributed by atoms with Gasteiger partial charge in [-0.3, -0.25) is 4.79 Å². The lowest BCUT2D eigenvalue weighted by atomic mass is 9.85. The number of methoxy groups -OCH3 is 1. The predicted octanol–water partition coefficient (Wildman–Crippen LogP) is 4.66. The van der Waals surface area contributed by atoms with E-state index >= 15 is 0 Å². The van der Waals surface area contributed by atoms with Gasteiger partial charge in [-0.25, -0.2) is 4.79 Å². The number of halogens is 1. The number of fused-ring (bicyclic) bond motifs is 2. The zero-order chi connectivity index (χ0) is 20.1. The third-order valence-electron chi connectivity index (χ3n) is 5.41. The van der Waals surface area contributed by atoms with Gasteiger partial charge in [0.2, 0.25) is 0 Å². The second kappa shape index (κ2) is 6.67. The van der Waals surface area contributed by atoms with Crippen LogP contribution in [0.1, 0.15) is 51.9 Å². The maximum absolute atomic E-state index is 13.0. The average Bonchev–Trinajstić information content (AvgIpc) is 3.18. The number of aromatic amines is 1. The number of aromatic nitrogens is 1. The van der Waals surface area contributed by atoms with E-state index in [9.17, 15) is 9.59 Å². The fourth-order valence-electron chi connectivity index (χ4n) is 3.99. The van der Waals surface area contributed by atoms with Gasteiger partial charge in [-0.2, -0.15) is 0 Å². The first kappa shape index (κ1) is 18.6. The Kier molecular flexibility index (Phi) is 4.42. The minimum atomic E-state index is -0.384. The minimum Gasteiger partial charge on any atom is -0.465 e. The first-order chi connectivity index (χ1) is 13.3. The zero-order valence-corrected chi connectivity index (χ0v) is 16.7. The highest BCUT2D eigenvalue weighted by Gasteiger charge is 2.40. The monoisotopic (exact) mass is 396 g/mol. The molecule has 0 radical (unpaired) electrons. The summed E-state index contributed by atoms with van der Waals surface area (Å²) in [6, 6.07) is 12.6. The lowest BCUT2D eigenvalue weighted by molar-refractivity contribution is 0.0600. The Labute approximate surface area is 168 Å². The van der Waals surface area contributed by atoms with E-state index in [0.717, 1.165) is 28.5 Å². The van der Waals surface area contributed by atoms with Crippen LogP contribution in [0.2, 0.25) is 5.02 Å². The molecular formula is C22H21ClN2O3. The molecule has 6 heteroatoms. The summed E-state index contributed by atoms with van der Waals surface area (Å²) in [5.74, 6) is -0.577. The number of nitrogens with one attached hydrogen (secondary N) is 2. The van der Waals surface area contributed by atoms with E-state index in [0.29, 0.717) is 16.3 Å². The lowest BCUT2D eigenvalue weighted by Crippen LogP contribution is -2.35. The minimum absolute atomic E-state index is 0.179. The van der Waals surface area contributed by atoms with Gasteiger partial charge >= 0.3 is 5.97 Å². The molecule has 1 amide bonds. The van der Waals surface area contributed by atoms with Crippen molar-refractivity contribution in [1.82, 2.24) is 10.3 Å². The van der Waals surface area contributed by atoms with Crippen LogP contribution in [0, 0.1) is 5.41 Å². The molecule has 0 spiro atoms. The quantitative estimate of drug-likeness (QED) is 0.632. The molecule has 1 aliphatic carbocycles. The molecule has 0 saturated carbocycles. The van der Waals surface area contributed by atoms with Crippen molar-refractivity contribution in [3.05, 3.63) is 69.9 Å². The summed E-state index contributed by atoms with van der Waals surface area (Å²) < 4.78 is 4.83. The summed E-state index contributed by atoms with van der Waals surface area (Å²) in [6.45, 7) is 4.22. The van der Waals surface area contributed by atoms with Gasteiger partial charge < -0.3 is 15.0 Å². The molecule has 0 fully saturated rings. The van der Waals surface area contributed by atoms with Crippen molar-refractivity contribution in [3.63, 3.8) is 0 Å². The molecule has 28 heavy (non-hydrogen) atoms. The number of amides is 1. The van der Waals surface area contributed by atoms with Gasteiger partial charge in [-0.1, -0.05) is 31.5 Å². The number of rotatable bonds is 3. The SMILES string of the molecule is COC(=O)c1ccc2c(c1)[C@H](NC(=O)c1cc3cc(Cl)ccc3[nH]1)C(C)(C)C2. The molecule has 2 aromatic carbocycles. The fourth-order valence-corrected chi connectivity index (χ4v) is 4.17. The Hall–Kier alpha value is -2.79. The first-order valence-electron chi connectivity index (χ1n) is 9.09. The summed E-state index contributed by atoms with van der Waals surface area (Å²) in [7, 11) is 1.36. The molecule has 3 aromatic rings. The molecule has 2 N–H and O–H groups in total. The first-order valence-corrected chi connectivity index (χ1v) is 9.46. The molecule has 1 heterocycles. The Morgan fingerprint density at radius 1 is 1.18 bits per heavy atom. The Bertz CT molecular complexity index is 1100. The molecule has 0 bridgehead atoms. The van der Waals surface area contributed by atoms with E-state index in [2.05, 4.69) is 24.1 Å². The molecule has 0 unspecified atom stereocenters. The number of ether oxygens (including phenoxy) is 1. The molecule has 0 saturated heterocycles. The Balaban J connectivity index is 1.66. The van der Waals surface area contributed by atoms with Gasteiger partial charge in [-0.05, 0) is 59.4 Å². The second-order valence-corrected chi connectivity index (χ2v) is 8.33. The van der Waals surface area contributed by atoms with Crippen molar-refractivity contribution < 1.29 is 14.3 Å². The van der Waals surface area contributed by atoms with Gasteiger partial charge in [0, 0.05) is 15.9 Å². The second-order valence-electron chi connectivity index (χ2n) is 7.89. The summed E-state index contributed by atoms with van der Waals surface area (Å²) in [6.07, 6.45) is 0.817. The van der Waals surface area contributed by atoms with Crippen molar-refractivity contribution in [2.24, 2.45) is 5.41 Å². The van der Waals surface area contributed by atoms with Crippen LogP contribution < -0.4 is 5.32 Å². The van der Waals surface area contributed by atoms with Crippen LogP contribution in [0.4, 0.5) is 0 Å². The van der Waals surface area contributed by atoms with E-state index in [4.69, 9.17) is 16.3 Å². The standard InChI is InChI=1S/C22H21ClN2O3/c1-22(2)11-13-5-4-12(21(27)28-3)9-16(13)19(22)25-20(26)18-10-14-8-15(23)6-7-17(14)24-18/h4-10,19,24H,11H2,1-3H3,(H,25,26)/t19-/m0/s1. The molecule has 4 rings (SSSR count). The van der Waals surface area contributed by atoms with Crippen molar-refractivity contribution in [3.8, 4) is 0 Å². The smallest absolute Gasteiger partial charge is 0.337 e. The largest absolute Gasteiger partial charge is 0.465 e. The molecule has 1 aromatic heterocycles.